The zero-order valence-electron chi connectivity index (χ0n) is 9.54. The van der Waals surface area contributed by atoms with Crippen molar-refractivity contribution in [2.24, 2.45) is 7.05 Å². The molecule has 2 rings (SSSR count). The lowest BCUT2D eigenvalue weighted by Gasteiger charge is -2.05. The number of nitrogens with one attached hydrogen (secondary N) is 1. The van der Waals surface area contributed by atoms with Gasteiger partial charge < -0.3 is 5.32 Å². The van der Waals surface area contributed by atoms with Crippen LogP contribution >= 0.6 is 0 Å². The Bertz CT molecular complexity index is 562. The van der Waals surface area contributed by atoms with Gasteiger partial charge in [0.2, 0.25) is 0 Å². The summed E-state index contributed by atoms with van der Waals surface area (Å²) in [5.74, 6) is 0. The minimum Gasteiger partial charge on any atom is -0.347 e. The molecule has 0 radical (unpaired) electrons. The molecule has 0 aliphatic heterocycles. The van der Waals surface area contributed by atoms with Crippen LogP contribution in [0, 0.1) is 17.0 Å². The normalized spacial score (nSPS) is 10.2. The first-order chi connectivity index (χ1) is 8.06. The number of anilines is 2. The maximum atomic E-state index is 10.9. The fourth-order valence-electron chi connectivity index (χ4n) is 1.54. The topological polar surface area (TPSA) is 73.0 Å². The van der Waals surface area contributed by atoms with Gasteiger partial charge in [-0.05, 0) is 18.6 Å². The Kier molecular flexibility index (Phi) is 2.78. The molecule has 0 fully saturated rings. The number of aromatic nitrogens is 2. The van der Waals surface area contributed by atoms with Crippen molar-refractivity contribution in [3.63, 3.8) is 0 Å². The van der Waals surface area contributed by atoms with Crippen molar-refractivity contribution in [1.29, 1.82) is 0 Å². The van der Waals surface area contributed by atoms with Gasteiger partial charge in [0, 0.05) is 19.3 Å². The summed E-state index contributed by atoms with van der Waals surface area (Å²) < 4.78 is 1.63. The number of aryl methyl sites for hydroxylation is 2. The van der Waals surface area contributed by atoms with E-state index in [1.54, 1.807) is 36.3 Å². The Morgan fingerprint density at radius 2 is 2.24 bits per heavy atom. The minimum atomic E-state index is -0.397. The van der Waals surface area contributed by atoms with Crippen molar-refractivity contribution in [3.8, 4) is 0 Å². The van der Waals surface area contributed by atoms with Crippen LogP contribution in [0.25, 0.3) is 0 Å². The van der Waals surface area contributed by atoms with Crippen molar-refractivity contribution >= 4 is 17.1 Å². The van der Waals surface area contributed by atoms with Crippen LogP contribution in [-0.2, 0) is 7.05 Å². The molecular formula is C11H12N4O2. The highest BCUT2D eigenvalue weighted by Crippen LogP contribution is 2.28. The number of nitro benzene ring substituents is 1. The molecule has 0 saturated heterocycles. The fourth-order valence-corrected chi connectivity index (χ4v) is 1.54. The monoisotopic (exact) mass is 232 g/mol. The molecule has 6 heteroatoms. The molecule has 0 aliphatic carbocycles. The van der Waals surface area contributed by atoms with Crippen LogP contribution in [0.15, 0.2) is 30.6 Å². The molecule has 2 aromatic rings. The van der Waals surface area contributed by atoms with Gasteiger partial charge in [0.05, 0.1) is 16.8 Å². The summed E-state index contributed by atoms with van der Waals surface area (Å²) in [4.78, 5) is 10.5. The van der Waals surface area contributed by atoms with Gasteiger partial charge in [0.1, 0.15) is 5.69 Å². The van der Waals surface area contributed by atoms with Crippen LogP contribution in [0.5, 0.6) is 0 Å². The molecule has 0 unspecified atom stereocenters. The Balaban J connectivity index is 2.35. The van der Waals surface area contributed by atoms with Gasteiger partial charge in [-0.2, -0.15) is 5.10 Å². The largest absolute Gasteiger partial charge is 0.347 e. The third-order valence-electron chi connectivity index (χ3n) is 2.33. The van der Waals surface area contributed by atoms with E-state index in [1.165, 1.54) is 0 Å². The van der Waals surface area contributed by atoms with Crippen LogP contribution in [0.3, 0.4) is 0 Å². The van der Waals surface area contributed by atoms with Crippen molar-refractivity contribution in [2.45, 2.75) is 6.92 Å². The second-order valence-electron chi connectivity index (χ2n) is 3.81. The van der Waals surface area contributed by atoms with Crippen molar-refractivity contribution in [2.75, 3.05) is 5.32 Å². The predicted molar refractivity (Wildman–Crippen MR) is 64.3 cm³/mol. The van der Waals surface area contributed by atoms with E-state index < -0.39 is 4.92 Å². The van der Waals surface area contributed by atoms with E-state index in [-0.39, 0.29) is 5.69 Å². The first kappa shape index (κ1) is 11.1. The van der Waals surface area contributed by atoms with E-state index in [0.717, 1.165) is 11.3 Å². The van der Waals surface area contributed by atoms with E-state index in [0.29, 0.717) is 5.69 Å². The minimum absolute atomic E-state index is 0.0638. The second-order valence-corrected chi connectivity index (χ2v) is 3.81. The molecule has 0 aliphatic rings. The Hall–Kier alpha value is -2.37. The van der Waals surface area contributed by atoms with Gasteiger partial charge in [-0.3, -0.25) is 14.8 Å². The molecule has 1 aromatic carbocycles. The summed E-state index contributed by atoms with van der Waals surface area (Å²) in [6.45, 7) is 1.82. The molecule has 0 saturated carbocycles. The Morgan fingerprint density at radius 3 is 2.82 bits per heavy atom. The zero-order chi connectivity index (χ0) is 12.4. The van der Waals surface area contributed by atoms with Crippen LogP contribution in [0.2, 0.25) is 0 Å². The van der Waals surface area contributed by atoms with Crippen LogP contribution in [0.4, 0.5) is 17.1 Å². The predicted octanol–water partition coefficient (Wildman–Crippen LogP) is 2.38. The average molecular weight is 232 g/mol. The molecule has 88 valence electrons. The highest BCUT2D eigenvalue weighted by atomic mass is 16.6. The molecule has 17 heavy (non-hydrogen) atoms. The molecule has 1 heterocycles. The number of benzene rings is 1. The van der Waals surface area contributed by atoms with Gasteiger partial charge >= 0.3 is 0 Å². The second kappa shape index (κ2) is 4.25. The number of nitrogens with zero attached hydrogens (tertiary/aromatic N) is 3. The lowest BCUT2D eigenvalue weighted by atomic mass is 10.2. The maximum absolute atomic E-state index is 10.9. The molecule has 0 bridgehead atoms. The number of hydrogen-bond donors (Lipinski definition) is 1. The van der Waals surface area contributed by atoms with Gasteiger partial charge in [0.25, 0.3) is 5.69 Å². The first-order valence-electron chi connectivity index (χ1n) is 5.07. The summed E-state index contributed by atoms with van der Waals surface area (Å²) in [6.07, 6.45) is 3.37. The summed E-state index contributed by atoms with van der Waals surface area (Å²) in [5.41, 5.74) is 2.11. The van der Waals surface area contributed by atoms with Gasteiger partial charge in [-0.25, -0.2) is 0 Å². The molecule has 0 atom stereocenters. The summed E-state index contributed by atoms with van der Waals surface area (Å²) in [7, 11) is 1.79. The highest BCUT2D eigenvalue weighted by molar-refractivity contribution is 5.69. The summed E-state index contributed by atoms with van der Waals surface area (Å²) >= 11 is 0. The Labute approximate surface area is 98.0 Å². The maximum Gasteiger partial charge on any atom is 0.292 e. The van der Waals surface area contributed by atoms with E-state index in [1.807, 2.05) is 13.0 Å². The van der Waals surface area contributed by atoms with Crippen LogP contribution in [0.1, 0.15) is 5.56 Å². The number of nitro groups is 1. The molecule has 1 N–H and O–H groups in total. The van der Waals surface area contributed by atoms with Crippen molar-refractivity contribution in [3.05, 3.63) is 46.3 Å². The summed E-state index contributed by atoms with van der Waals surface area (Å²) in [6, 6.07) is 5.06. The molecule has 0 amide bonds. The van der Waals surface area contributed by atoms with E-state index >= 15 is 0 Å². The van der Waals surface area contributed by atoms with E-state index in [9.17, 15) is 10.1 Å². The van der Waals surface area contributed by atoms with E-state index in [2.05, 4.69) is 10.4 Å². The Morgan fingerprint density at radius 1 is 1.47 bits per heavy atom. The zero-order valence-corrected chi connectivity index (χ0v) is 9.54. The van der Waals surface area contributed by atoms with Crippen molar-refractivity contribution < 1.29 is 4.92 Å². The standard InChI is InChI=1S/C11H12N4O2/c1-8-3-4-10(11(5-8)15(16)17)13-9-6-12-14(2)7-9/h3-7,13H,1-2H3. The lowest BCUT2D eigenvalue weighted by Crippen LogP contribution is -1.96. The van der Waals surface area contributed by atoms with Crippen LogP contribution < -0.4 is 5.32 Å². The van der Waals surface area contributed by atoms with E-state index in [4.69, 9.17) is 0 Å². The third-order valence-corrected chi connectivity index (χ3v) is 2.33. The molecule has 6 nitrogen and oxygen atoms in total. The molecule has 1 aromatic heterocycles. The SMILES string of the molecule is Cc1ccc(Nc2cnn(C)c2)c([N+](=O)[O-])c1. The number of hydrogen-bond acceptors (Lipinski definition) is 4. The van der Waals surface area contributed by atoms with Gasteiger partial charge in [-0.15, -0.1) is 0 Å². The average Bonchev–Trinajstić information content (AvgIpc) is 2.66. The number of rotatable bonds is 3. The third kappa shape index (κ3) is 2.41. The fraction of sp³-hybridized carbons (Fsp3) is 0.182. The molecule has 0 spiro atoms. The first-order valence-corrected chi connectivity index (χ1v) is 5.07. The van der Waals surface area contributed by atoms with Crippen molar-refractivity contribution in [1.82, 2.24) is 9.78 Å². The quantitative estimate of drug-likeness (QED) is 0.651. The lowest BCUT2D eigenvalue weighted by molar-refractivity contribution is -0.384. The smallest absolute Gasteiger partial charge is 0.292 e. The van der Waals surface area contributed by atoms with Gasteiger partial charge in [0.15, 0.2) is 0 Å². The molecular weight excluding hydrogens is 220 g/mol. The van der Waals surface area contributed by atoms with Crippen LogP contribution in [-0.4, -0.2) is 14.7 Å². The van der Waals surface area contributed by atoms with Gasteiger partial charge in [-0.1, -0.05) is 6.07 Å². The highest BCUT2D eigenvalue weighted by Gasteiger charge is 2.14. The summed E-state index contributed by atoms with van der Waals surface area (Å²) in [5, 5.41) is 17.9.